The Morgan fingerprint density at radius 3 is 2.93 bits per heavy atom. The van der Waals surface area contributed by atoms with Crippen molar-refractivity contribution in [3.05, 3.63) is 17.8 Å². The van der Waals surface area contributed by atoms with E-state index >= 15 is 0 Å². The van der Waals surface area contributed by atoms with Gasteiger partial charge in [0.15, 0.2) is 6.39 Å². The Kier molecular flexibility index (Phi) is 3.86. The Morgan fingerprint density at radius 1 is 1.73 bits per heavy atom. The molecule has 1 amide bonds. The Hall–Kier alpha value is -1.83. The number of carbonyl (C=O) groups is 1. The van der Waals surface area contributed by atoms with E-state index in [1.54, 1.807) is 11.8 Å². The van der Waals surface area contributed by atoms with E-state index in [9.17, 15) is 4.79 Å². The van der Waals surface area contributed by atoms with Gasteiger partial charge in [-0.05, 0) is 13.8 Å². The number of oxazole rings is 1. The minimum absolute atomic E-state index is 0.206. The van der Waals surface area contributed by atoms with Gasteiger partial charge in [0.2, 0.25) is 5.76 Å². The highest BCUT2D eigenvalue weighted by molar-refractivity contribution is 5.92. The molecule has 0 aliphatic heterocycles. The third-order valence-electron chi connectivity index (χ3n) is 2.10. The van der Waals surface area contributed by atoms with Gasteiger partial charge in [-0.2, -0.15) is 5.26 Å². The number of nitrogens with zero attached hydrogens (tertiary/aromatic N) is 3. The Bertz CT molecular complexity index is 378. The summed E-state index contributed by atoms with van der Waals surface area (Å²) >= 11 is 0. The molecule has 5 nitrogen and oxygen atoms in total. The highest BCUT2D eigenvalue weighted by Crippen LogP contribution is 2.09. The molecule has 1 aromatic rings. The predicted octanol–water partition coefficient (Wildman–Crippen LogP) is 1.36. The molecule has 0 saturated heterocycles. The smallest absolute Gasteiger partial charge is 0.291 e. The van der Waals surface area contributed by atoms with Crippen LogP contribution < -0.4 is 0 Å². The quantitative estimate of drug-likeness (QED) is 0.747. The summed E-state index contributed by atoms with van der Waals surface area (Å²) in [6.45, 7) is 4.56. The summed E-state index contributed by atoms with van der Waals surface area (Å²) in [5.74, 6) is 0.0533. The summed E-state index contributed by atoms with van der Waals surface area (Å²) in [7, 11) is 0. The van der Waals surface area contributed by atoms with E-state index in [-0.39, 0.29) is 11.7 Å². The summed E-state index contributed by atoms with van der Waals surface area (Å²) in [4.78, 5) is 17.3. The van der Waals surface area contributed by atoms with Crippen molar-refractivity contribution in [2.45, 2.75) is 20.3 Å². The Balaban J connectivity index is 2.74. The third kappa shape index (κ3) is 2.56. The van der Waals surface area contributed by atoms with Crippen LogP contribution in [0.4, 0.5) is 0 Å². The maximum Gasteiger partial charge on any atom is 0.291 e. The number of hydrogen-bond acceptors (Lipinski definition) is 4. The third-order valence-corrected chi connectivity index (χ3v) is 2.10. The van der Waals surface area contributed by atoms with Gasteiger partial charge < -0.3 is 9.32 Å². The number of hydrogen-bond donors (Lipinski definition) is 0. The SMILES string of the molecule is CCN(CCC#N)C(=O)c1ocnc1C. The topological polar surface area (TPSA) is 70.1 Å². The van der Waals surface area contributed by atoms with Crippen LogP contribution in [-0.4, -0.2) is 28.9 Å². The van der Waals surface area contributed by atoms with Crippen LogP contribution in [0.5, 0.6) is 0 Å². The van der Waals surface area contributed by atoms with Crippen LogP contribution in [0.15, 0.2) is 10.8 Å². The average molecular weight is 207 g/mol. The highest BCUT2D eigenvalue weighted by Gasteiger charge is 2.19. The second-order valence-electron chi connectivity index (χ2n) is 3.06. The van der Waals surface area contributed by atoms with Crippen molar-refractivity contribution >= 4 is 5.91 Å². The molecule has 0 N–H and O–H groups in total. The first kappa shape index (κ1) is 11.2. The van der Waals surface area contributed by atoms with E-state index < -0.39 is 0 Å². The normalized spacial score (nSPS) is 9.67. The molecule has 0 unspecified atom stereocenters. The second-order valence-corrected chi connectivity index (χ2v) is 3.06. The first-order valence-corrected chi connectivity index (χ1v) is 4.77. The van der Waals surface area contributed by atoms with Gasteiger partial charge in [-0.25, -0.2) is 4.98 Å². The number of nitriles is 1. The number of carbonyl (C=O) groups excluding carboxylic acids is 1. The molecule has 5 heteroatoms. The molecule has 1 heterocycles. The fraction of sp³-hybridized carbons (Fsp3) is 0.500. The zero-order valence-electron chi connectivity index (χ0n) is 8.86. The highest BCUT2D eigenvalue weighted by atomic mass is 16.3. The second kappa shape index (κ2) is 5.15. The van der Waals surface area contributed by atoms with E-state index in [2.05, 4.69) is 4.98 Å². The van der Waals surface area contributed by atoms with E-state index in [4.69, 9.17) is 9.68 Å². The molecule has 80 valence electrons. The van der Waals surface area contributed by atoms with Crippen molar-refractivity contribution in [1.82, 2.24) is 9.88 Å². The summed E-state index contributed by atoms with van der Waals surface area (Å²) in [6, 6.07) is 2.01. The van der Waals surface area contributed by atoms with Crippen molar-refractivity contribution < 1.29 is 9.21 Å². The first-order valence-electron chi connectivity index (χ1n) is 4.77. The van der Waals surface area contributed by atoms with Gasteiger partial charge in [0.1, 0.15) is 0 Å². The van der Waals surface area contributed by atoms with Gasteiger partial charge >= 0.3 is 0 Å². The van der Waals surface area contributed by atoms with E-state index in [1.165, 1.54) is 6.39 Å². The van der Waals surface area contributed by atoms with Crippen molar-refractivity contribution in [1.29, 1.82) is 5.26 Å². The van der Waals surface area contributed by atoms with Crippen LogP contribution in [0, 0.1) is 18.3 Å². The van der Waals surface area contributed by atoms with Gasteiger partial charge in [-0.3, -0.25) is 4.79 Å². The van der Waals surface area contributed by atoms with Crippen LogP contribution in [0.1, 0.15) is 29.6 Å². The number of rotatable bonds is 4. The van der Waals surface area contributed by atoms with E-state index in [1.807, 2.05) is 13.0 Å². The number of aryl methyl sites for hydroxylation is 1. The summed E-state index contributed by atoms with van der Waals surface area (Å²) in [6.07, 6.45) is 1.58. The van der Waals surface area contributed by atoms with Gasteiger partial charge in [0.05, 0.1) is 18.2 Å². The van der Waals surface area contributed by atoms with Crippen molar-refractivity contribution in [3.8, 4) is 6.07 Å². The van der Waals surface area contributed by atoms with Crippen LogP contribution in [0.2, 0.25) is 0 Å². The number of aromatic nitrogens is 1. The maximum absolute atomic E-state index is 11.8. The molecule has 0 aliphatic rings. The van der Waals surface area contributed by atoms with Crippen LogP contribution >= 0.6 is 0 Å². The molecular weight excluding hydrogens is 194 g/mol. The minimum atomic E-state index is -0.206. The van der Waals surface area contributed by atoms with Gasteiger partial charge in [0.25, 0.3) is 5.91 Å². The summed E-state index contributed by atoms with van der Waals surface area (Å²) in [5, 5.41) is 8.45. The van der Waals surface area contributed by atoms with Gasteiger partial charge in [-0.15, -0.1) is 0 Å². The lowest BCUT2D eigenvalue weighted by Crippen LogP contribution is -2.31. The Morgan fingerprint density at radius 2 is 2.47 bits per heavy atom. The summed E-state index contributed by atoms with van der Waals surface area (Å²) in [5.41, 5.74) is 0.579. The summed E-state index contributed by atoms with van der Waals surface area (Å²) < 4.78 is 5.00. The minimum Gasteiger partial charge on any atom is -0.438 e. The lowest BCUT2D eigenvalue weighted by Gasteiger charge is -2.17. The largest absolute Gasteiger partial charge is 0.438 e. The fourth-order valence-corrected chi connectivity index (χ4v) is 1.24. The molecule has 0 atom stereocenters. The molecule has 0 aliphatic carbocycles. The standard InChI is InChI=1S/C10H13N3O2/c1-3-13(6-4-5-11)10(14)9-8(2)12-7-15-9/h7H,3-4,6H2,1-2H3. The average Bonchev–Trinajstić information content (AvgIpc) is 2.65. The Labute approximate surface area is 88.3 Å². The van der Waals surface area contributed by atoms with Crippen molar-refractivity contribution in [3.63, 3.8) is 0 Å². The van der Waals surface area contributed by atoms with Gasteiger partial charge in [0, 0.05) is 13.1 Å². The lowest BCUT2D eigenvalue weighted by molar-refractivity contribution is 0.0735. The predicted molar refractivity (Wildman–Crippen MR) is 53.0 cm³/mol. The van der Waals surface area contributed by atoms with Gasteiger partial charge in [-0.1, -0.05) is 0 Å². The molecule has 15 heavy (non-hydrogen) atoms. The molecule has 1 rings (SSSR count). The number of amides is 1. The van der Waals surface area contributed by atoms with Crippen LogP contribution in [0.25, 0.3) is 0 Å². The van der Waals surface area contributed by atoms with Crippen LogP contribution in [0.3, 0.4) is 0 Å². The van der Waals surface area contributed by atoms with Crippen molar-refractivity contribution in [2.75, 3.05) is 13.1 Å². The molecule has 0 saturated carbocycles. The van der Waals surface area contributed by atoms with Crippen LogP contribution in [-0.2, 0) is 0 Å². The molecule has 1 aromatic heterocycles. The van der Waals surface area contributed by atoms with Crippen molar-refractivity contribution in [2.24, 2.45) is 0 Å². The molecule has 0 spiro atoms. The van der Waals surface area contributed by atoms with E-state index in [0.717, 1.165) is 0 Å². The monoisotopic (exact) mass is 207 g/mol. The zero-order chi connectivity index (χ0) is 11.3. The first-order chi connectivity index (χ1) is 7.20. The zero-order valence-corrected chi connectivity index (χ0v) is 8.86. The maximum atomic E-state index is 11.8. The lowest BCUT2D eigenvalue weighted by atomic mass is 10.3. The molecule has 0 radical (unpaired) electrons. The molecular formula is C10H13N3O2. The fourth-order valence-electron chi connectivity index (χ4n) is 1.24. The van der Waals surface area contributed by atoms with E-state index in [0.29, 0.717) is 25.2 Å². The molecule has 0 bridgehead atoms. The molecule has 0 aromatic carbocycles. The molecule has 0 fully saturated rings.